The number of anilines is 1. The molecule has 0 bridgehead atoms. The molecule has 1 fully saturated rings. The minimum atomic E-state index is -0.842. The molecule has 2 aromatic heterocycles. The van der Waals surface area contributed by atoms with Crippen LogP contribution in [0.2, 0.25) is 0 Å². The van der Waals surface area contributed by atoms with Gasteiger partial charge in [-0.05, 0) is 38.0 Å². The van der Waals surface area contributed by atoms with Crippen LogP contribution >= 0.6 is 11.8 Å². The van der Waals surface area contributed by atoms with E-state index in [9.17, 15) is 0 Å². The van der Waals surface area contributed by atoms with E-state index in [4.69, 9.17) is 9.47 Å². The fraction of sp³-hybridized carbons (Fsp3) is 0.381. The van der Waals surface area contributed by atoms with Crippen LogP contribution in [0.3, 0.4) is 0 Å². The van der Waals surface area contributed by atoms with E-state index >= 15 is 8.78 Å². The molecule has 9 heteroatoms. The van der Waals surface area contributed by atoms with Gasteiger partial charge in [0.1, 0.15) is 5.52 Å². The van der Waals surface area contributed by atoms with Gasteiger partial charge in [0.05, 0.1) is 25.5 Å². The maximum absolute atomic E-state index is 15.1. The number of pyridine rings is 1. The Hall–Kier alpha value is -2.68. The summed E-state index contributed by atoms with van der Waals surface area (Å²) in [5.41, 5.74) is 0.408. The number of aromatic nitrogens is 3. The second-order valence-electron chi connectivity index (χ2n) is 7.21. The minimum absolute atomic E-state index is 0.112. The molecule has 2 heterocycles. The normalized spacial score (nSPS) is 14.6. The van der Waals surface area contributed by atoms with Gasteiger partial charge in [0.2, 0.25) is 0 Å². The van der Waals surface area contributed by atoms with E-state index in [0.29, 0.717) is 27.8 Å². The molecular weight excluding hydrogens is 410 g/mol. The Labute approximate surface area is 177 Å². The summed E-state index contributed by atoms with van der Waals surface area (Å²) in [7, 11) is 2.63. The van der Waals surface area contributed by atoms with E-state index < -0.39 is 11.6 Å². The number of hydrogen-bond acceptors (Lipinski definition) is 7. The number of nitrogens with zero attached hydrogens (tertiary/aromatic N) is 3. The van der Waals surface area contributed by atoms with E-state index in [1.807, 2.05) is 6.26 Å². The lowest BCUT2D eigenvalue weighted by Gasteiger charge is -2.17. The number of benzene rings is 1. The van der Waals surface area contributed by atoms with Gasteiger partial charge in [-0.1, -0.05) is 11.8 Å². The van der Waals surface area contributed by atoms with Crippen LogP contribution in [-0.4, -0.2) is 41.5 Å². The quantitative estimate of drug-likeness (QED) is 0.420. The van der Waals surface area contributed by atoms with Gasteiger partial charge in [0.15, 0.2) is 34.1 Å². The third kappa shape index (κ3) is 3.74. The summed E-state index contributed by atoms with van der Waals surface area (Å²) in [5.74, 6) is -0.908. The molecule has 1 aliphatic rings. The zero-order chi connectivity index (χ0) is 21.4. The number of rotatable bonds is 7. The van der Waals surface area contributed by atoms with Gasteiger partial charge in [0.25, 0.3) is 0 Å². The van der Waals surface area contributed by atoms with Gasteiger partial charge in [-0.3, -0.25) is 0 Å². The van der Waals surface area contributed by atoms with E-state index in [-0.39, 0.29) is 28.8 Å². The van der Waals surface area contributed by atoms with Crippen molar-refractivity contribution in [3.8, 4) is 22.8 Å². The molecule has 6 nitrogen and oxygen atoms in total. The van der Waals surface area contributed by atoms with Crippen molar-refractivity contribution in [3.05, 3.63) is 30.0 Å². The second-order valence-corrected chi connectivity index (χ2v) is 7.98. The average molecular weight is 432 g/mol. The van der Waals surface area contributed by atoms with Crippen molar-refractivity contribution in [3.63, 3.8) is 0 Å². The van der Waals surface area contributed by atoms with Crippen LogP contribution in [-0.2, 0) is 0 Å². The molecule has 0 radical (unpaired) electrons. The van der Waals surface area contributed by atoms with E-state index in [1.54, 1.807) is 12.3 Å². The highest BCUT2D eigenvalue weighted by atomic mass is 32.2. The van der Waals surface area contributed by atoms with E-state index in [1.165, 1.54) is 32.0 Å². The smallest absolute Gasteiger partial charge is 0.187 e. The standard InChI is InChI=1S/C21H22F2N4O2S/c1-10(11-5-6-11)25-20-19-12(9-24-21(27-19)30-4)7-13(26-20)16-17(22)14(28-2)8-15(29-3)18(16)23/h7-11H,5-6H2,1-4H3,(H,25,26)/t10-/m1/s1. The summed E-state index contributed by atoms with van der Waals surface area (Å²) in [6.45, 7) is 2.07. The van der Waals surface area contributed by atoms with Gasteiger partial charge in [-0.2, -0.15) is 0 Å². The van der Waals surface area contributed by atoms with Crippen molar-refractivity contribution in [1.82, 2.24) is 15.0 Å². The van der Waals surface area contributed by atoms with Crippen LogP contribution in [0, 0.1) is 17.6 Å². The Morgan fingerprint density at radius 2 is 1.77 bits per heavy atom. The average Bonchev–Trinajstić information content (AvgIpc) is 3.59. The molecule has 158 valence electrons. The predicted molar refractivity (Wildman–Crippen MR) is 113 cm³/mol. The zero-order valence-corrected chi connectivity index (χ0v) is 17.9. The summed E-state index contributed by atoms with van der Waals surface area (Å²) < 4.78 is 40.3. The van der Waals surface area contributed by atoms with Gasteiger partial charge in [-0.15, -0.1) is 0 Å². The molecule has 1 aliphatic carbocycles. The third-order valence-electron chi connectivity index (χ3n) is 5.25. The molecule has 0 amide bonds. The summed E-state index contributed by atoms with van der Waals surface area (Å²) in [5, 5.41) is 4.61. The van der Waals surface area contributed by atoms with Crippen LogP contribution in [0.15, 0.2) is 23.5 Å². The maximum atomic E-state index is 15.1. The number of hydrogen-bond donors (Lipinski definition) is 1. The summed E-state index contributed by atoms with van der Waals surface area (Å²) in [6.07, 6.45) is 5.82. The van der Waals surface area contributed by atoms with E-state index in [2.05, 4.69) is 27.2 Å². The summed E-state index contributed by atoms with van der Waals surface area (Å²) >= 11 is 1.41. The first kappa shape index (κ1) is 20.6. The lowest BCUT2D eigenvalue weighted by Crippen LogP contribution is -2.19. The maximum Gasteiger partial charge on any atom is 0.187 e. The highest BCUT2D eigenvalue weighted by Crippen LogP contribution is 2.39. The van der Waals surface area contributed by atoms with Crippen LogP contribution in [0.5, 0.6) is 11.5 Å². The van der Waals surface area contributed by atoms with Crippen molar-refractivity contribution in [2.75, 3.05) is 25.8 Å². The zero-order valence-electron chi connectivity index (χ0n) is 17.1. The molecule has 1 aromatic carbocycles. The van der Waals surface area contributed by atoms with Crippen molar-refractivity contribution in [2.45, 2.75) is 31.0 Å². The van der Waals surface area contributed by atoms with Crippen LogP contribution in [0.1, 0.15) is 19.8 Å². The van der Waals surface area contributed by atoms with Crippen LogP contribution in [0.25, 0.3) is 22.2 Å². The largest absolute Gasteiger partial charge is 0.494 e. The van der Waals surface area contributed by atoms with Gasteiger partial charge < -0.3 is 14.8 Å². The molecule has 3 aromatic rings. The molecule has 0 saturated heterocycles. The minimum Gasteiger partial charge on any atom is -0.494 e. The van der Waals surface area contributed by atoms with Gasteiger partial charge in [0, 0.05) is 23.7 Å². The van der Waals surface area contributed by atoms with Crippen molar-refractivity contribution >= 4 is 28.5 Å². The molecule has 4 rings (SSSR count). The molecular formula is C21H22F2N4O2S. The van der Waals surface area contributed by atoms with Crippen molar-refractivity contribution < 1.29 is 18.3 Å². The first-order valence-corrected chi connectivity index (χ1v) is 10.8. The summed E-state index contributed by atoms with van der Waals surface area (Å²) in [6, 6.07) is 2.92. The fourth-order valence-corrected chi connectivity index (χ4v) is 3.73. The van der Waals surface area contributed by atoms with Gasteiger partial charge >= 0.3 is 0 Å². The number of methoxy groups -OCH3 is 2. The molecule has 1 atom stereocenters. The Bertz CT molecular complexity index is 1080. The third-order valence-corrected chi connectivity index (χ3v) is 5.81. The molecule has 0 spiro atoms. The Morgan fingerprint density at radius 1 is 1.10 bits per heavy atom. The molecule has 30 heavy (non-hydrogen) atoms. The number of fused-ring (bicyclic) bond motifs is 1. The van der Waals surface area contributed by atoms with Crippen molar-refractivity contribution in [2.24, 2.45) is 5.92 Å². The van der Waals surface area contributed by atoms with Crippen LogP contribution in [0.4, 0.5) is 14.6 Å². The topological polar surface area (TPSA) is 69.2 Å². The predicted octanol–water partition coefficient (Wildman–Crippen LogP) is 4.92. The molecule has 0 unspecified atom stereocenters. The first-order chi connectivity index (χ1) is 14.5. The first-order valence-electron chi connectivity index (χ1n) is 9.55. The Morgan fingerprint density at radius 3 is 2.33 bits per heavy atom. The molecule has 1 saturated carbocycles. The highest BCUT2D eigenvalue weighted by Gasteiger charge is 2.29. The number of halogens is 2. The number of thioether (sulfide) groups is 1. The monoisotopic (exact) mass is 432 g/mol. The lowest BCUT2D eigenvalue weighted by molar-refractivity contribution is 0.359. The lowest BCUT2D eigenvalue weighted by atomic mass is 10.1. The Kier molecular flexibility index (Phi) is 5.64. The van der Waals surface area contributed by atoms with E-state index in [0.717, 1.165) is 12.8 Å². The number of nitrogens with one attached hydrogen (secondary N) is 1. The summed E-state index contributed by atoms with van der Waals surface area (Å²) in [4.78, 5) is 13.4. The van der Waals surface area contributed by atoms with Gasteiger partial charge in [-0.25, -0.2) is 23.7 Å². The Balaban J connectivity index is 1.94. The highest BCUT2D eigenvalue weighted by molar-refractivity contribution is 7.98. The number of ether oxygens (including phenoxy) is 2. The fourth-order valence-electron chi connectivity index (χ4n) is 3.39. The molecule has 0 aliphatic heterocycles. The molecule has 1 N–H and O–H groups in total. The van der Waals surface area contributed by atoms with Crippen molar-refractivity contribution in [1.29, 1.82) is 0 Å². The SMILES string of the molecule is COc1cc(OC)c(F)c(-c2cc3cnc(SC)nc3c(N[C@H](C)C3CC3)n2)c1F. The van der Waals surface area contributed by atoms with Crippen LogP contribution < -0.4 is 14.8 Å². The second kappa shape index (κ2) is 8.22.